The van der Waals surface area contributed by atoms with Gasteiger partial charge in [-0.1, -0.05) is 30.3 Å². The number of nitrogens with zero attached hydrogens (tertiary/aromatic N) is 1. The third-order valence-corrected chi connectivity index (χ3v) is 5.61. The number of rotatable bonds is 10. The minimum Gasteiger partial charge on any atom is -0.493 e. The SMILES string of the molecule is COc1cc(CCOC(=O)C2CCN(C(=O)C(=O)Cc3ccccc3)C2)cc(OC)c1OC. The van der Waals surface area contributed by atoms with E-state index in [4.69, 9.17) is 18.9 Å². The van der Waals surface area contributed by atoms with Gasteiger partial charge in [0, 0.05) is 25.9 Å². The van der Waals surface area contributed by atoms with E-state index in [1.165, 1.54) is 12.0 Å². The molecule has 0 aliphatic carbocycles. The van der Waals surface area contributed by atoms with Crippen LogP contribution in [0, 0.1) is 5.92 Å². The van der Waals surface area contributed by atoms with E-state index in [1.54, 1.807) is 14.2 Å². The van der Waals surface area contributed by atoms with E-state index in [-0.39, 0.29) is 25.5 Å². The Bertz CT molecular complexity index is 964. The van der Waals surface area contributed by atoms with Crippen molar-refractivity contribution in [1.82, 2.24) is 4.90 Å². The Morgan fingerprint density at radius 3 is 2.21 bits per heavy atom. The summed E-state index contributed by atoms with van der Waals surface area (Å²) in [4.78, 5) is 38.7. The molecule has 1 heterocycles. The average molecular weight is 456 g/mol. The number of likely N-dealkylation sites (tertiary alicyclic amines) is 1. The molecule has 0 N–H and O–H groups in total. The summed E-state index contributed by atoms with van der Waals surface area (Å²) < 4.78 is 21.4. The Kier molecular flexibility index (Phi) is 8.29. The van der Waals surface area contributed by atoms with E-state index in [2.05, 4.69) is 0 Å². The molecule has 0 radical (unpaired) electrons. The van der Waals surface area contributed by atoms with Crippen LogP contribution in [0.1, 0.15) is 17.5 Å². The highest BCUT2D eigenvalue weighted by Gasteiger charge is 2.34. The average Bonchev–Trinajstić information content (AvgIpc) is 3.33. The molecule has 0 saturated carbocycles. The van der Waals surface area contributed by atoms with Gasteiger partial charge in [-0.15, -0.1) is 0 Å². The minimum atomic E-state index is -0.549. The summed E-state index contributed by atoms with van der Waals surface area (Å²) in [5.74, 6) is -0.263. The van der Waals surface area contributed by atoms with Crippen LogP contribution in [0.4, 0.5) is 0 Å². The lowest BCUT2D eigenvalue weighted by atomic mass is 10.1. The maximum Gasteiger partial charge on any atom is 0.310 e. The monoisotopic (exact) mass is 455 g/mol. The van der Waals surface area contributed by atoms with Crippen molar-refractivity contribution < 1.29 is 33.3 Å². The van der Waals surface area contributed by atoms with E-state index in [9.17, 15) is 14.4 Å². The summed E-state index contributed by atoms with van der Waals surface area (Å²) >= 11 is 0. The van der Waals surface area contributed by atoms with Gasteiger partial charge in [0.05, 0.1) is 33.9 Å². The number of methoxy groups -OCH3 is 3. The van der Waals surface area contributed by atoms with E-state index < -0.39 is 17.6 Å². The van der Waals surface area contributed by atoms with Crippen molar-refractivity contribution in [3.05, 3.63) is 53.6 Å². The van der Waals surface area contributed by atoms with Crippen molar-refractivity contribution in [2.45, 2.75) is 19.3 Å². The summed E-state index contributed by atoms with van der Waals surface area (Å²) in [5.41, 5.74) is 1.66. The van der Waals surface area contributed by atoms with Gasteiger partial charge in [-0.25, -0.2) is 0 Å². The zero-order chi connectivity index (χ0) is 23.8. The largest absolute Gasteiger partial charge is 0.493 e. The van der Waals surface area contributed by atoms with Gasteiger partial charge < -0.3 is 23.8 Å². The van der Waals surface area contributed by atoms with Gasteiger partial charge in [-0.05, 0) is 29.7 Å². The molecule has 1 atom stereocenters. The minimum absolute atomic E-state index is 0.0556. The second-order valence-electron chi connectivity index (χ2n) is 7.77. The summed E-state index contributed by atoms with van der Waals surface area (Å²) in [6.45, 7) is 0.739. The zero-order valence-corrected chi connectivity index (χ0v) is 19.2. The van der Waals surface area contributed by atoms with Gasteiger partial charge in [-0.3, -0.25) is 14.4 Å². The molecule has 0 aromatic heterocycles. The predicted molar refractivity (Wildman–Crippen MR) is 121 cm³/mol. The number of carbonyl (C=O) groups excluding carboxylic acids is 3. The van der Waals surface area contributed by atoms with Crippen LogP contribution < -0.4 is 14.2 Å². The number of amides is 1. The standard InChI is InChI=1S/C25H29NO7/c1-30-21-14-18(15-22(31-2)23(21)32-3)10-12-33-25(29)19-9-11-26(16-19)24(28)20(27)13-17-7-5-4-6-8-17/h4-8,14-15,19H,9-13,16H2,1-3H3. The first kappa shape index (κ1) is 24.1. The highest BCUT2D eigenvalue weighted by molar-refractivity contribution is 6.36. The molecule has 1 unspecified atom stereocenters. The van der Waals surface area contributed by atoms with Crippen LogP contribution in [-0.2, 0) is 32.0 Å². The van der Waals surface area contributed by atoms with E-state index in [1.807, 2.05) is 42.5 Å². The van der Waals surface area contributed by atoms with Crippen LogP contribution >= 0.6 is 0 Å². The van der Waals surface area contributed by atoms with Crippen LogP contribution in [0.25, 0.3) is 0 Å². The van der Waals surface area contributed by atoms with Crippen molar-refractivity contribution in [3.8, 4) is 17.2 Å². The topological polar surface area (TPSA) is 91.4 Å². The number of benzene rings is 2. The van der Waals surface area contributed by atoms with E-state index >= 15 is 0 Å². The third kappa shape index (κ3) is 6.03. The van der Waals surface area contributed by atoms with Gasteiger partial charge in [0.15, 0.2) is 11.5 Å². The van der Waals surface area contributed by atoms with Crippen LogP contribution in [-0.4, -0.2) is 63.6 Å². The van der Waals surface area contributed by atoms with Crippen LogP contribution in [0.3, 0.4) is 0 Å². The third-order valence-electron chi connectivity index (χ3n) is 5.61. The number of ether oxygens (including phenoxy) is 4. The van der Waals surface area contributed by atoms with E-state index in [0.29, 0.717) is 36.6 Å². The maximum absolute atomic E-state index is 12.5. The molecule has 8 heteroatoms. The van der Waals surface area contributed by atoms with Crippen LogP contribution in [0.2, 0.25) is 0 Å². The normalized spacial score (nSPS) is 15.1. The zero-order valence-electron chi connectivity index (χ0n) is 19.2. The summed E-state index contributed by atoms with van der Waals surface area (Å²) in [6, 6.07) is 12.7. The second-order valence-corrected chi connectivity index (χ2v) is 7.77. The Labute approximate surface area is 193 Å². The predicted octanol–water partition coefficient (Wildman–Crippen LogP) is 2.46. The molecule has 1 fully saturated rings. The smallest absolute Gasteiger partial charge is 0.310 e. The quantitative estimate of drug-likeness (QED) is 0.401. The van der Waals surface area contributed by atoms with Crippen molar-refractivity contribution in [1.29, 1.82) is 0 Å². The van der Waals surface area contributed by atoms with Gasteiger partial charge in [0.1, 0.15) is 0 Å². The molecule has 1 amide bonds. The fraction of sp³-hybridized carbons (Fsp3) is 0.400. The highest BCUT2D eigenvalue weighted by Crippen LogP contribution is 2.38. The Morgan fingerprint density at radius 2 is 1.61 bits per heavy atom. The summed E-state index contributed by atoms with van der Waals surface area (Å²) in [6.07, 6.45) is 1.00. The number of esters is 1. The molecule has 33 heavy (non-hydrogen) atoms. The Hall–Kier alpha value is -3.55. The van der Waals surface area contributed by atoms with Crippen molar-refractivity contribution >= 4 is 17.7 Å². The summed E-state index contributed by atoms with van der Waals surface area (Å²) in [5, 5.41) is 0. The molecule has 8 nitrogen and oxygen atoms in total. The number of hydrogen-bond donors (Lipinski definition) is 0. The first-order valence-corrected chi connectivity index (χ1v) is 10.8. The van der Waals surface area contributed by atoms with Gasteiger partial charge >= 0.3 is 5.97 Å². The van der Waals surface area contributed by atoms with Crippen LogP contribution in [0.5, 0.6) is 17.2 Å². The van der Waals surface area contributed by atoms with Gasteiger partial charge in [0.25, 0.3) is 5.91 Å². The second kappa shape index (κ2) is 11.4. The van der Waals surface area contributed by atoms with Crippen molar-refractivity contribution in [2.75, 3.05) is 41.0 Å². The molecular weight excluding hydrogens is 426 g/mol. The molecule has 2 aromatic carbocycles. The first-order chi connectivity index (χ1) is 16.0. The number of ketones is 1. The van der Waals surface area contributed by atoms with Crippen molar-refractivity contribution in [2.24, 2.45) is 5.92 Å². The summed E-state index contributed by atoms with van der Waals surface area (Å²) in [7, 11) is 4.62. The number of carbonyl (C=O) groups is 3. The van der Waals surface area contributed by atoms with Crippen molar-refractivity contribution in [3.63, 3.8) is 0 Å². The molecule has 2 aromatic rings. The number of hydrogen-bond acceptors (Lipinski definition) is 7. The van der Waals surface area contributed by atoms with Crippen LogP contribution in [0.15, 0.2) is 42.5 Å². The molecule has 1 saturated heterocycles. The fourth-order valence-corrected chi connectivity index (χ4v) is 3.84. The molecular formula is C25H29NO7. The molecule has 1 aliphatic heterocycles. The molecule has 0 bridgehead atoms. The van der Waals surface area contributed by atoms with Gasteiger partial charge in [0.2, 0.25) is 11.5 Å². The number of Topliss-reactive ketones (excluding diaryl/α,β-unsaturated/α-hetero) is 1. The molecule has 176 valence electrons. The highest BCUT2D eigenvalue weighted by atomic mass is 16.5. The fourth-order valence-electron chi connectivity index (χ4n) is 3.84. The Balaban J connectivity index is 1.49. The molecule has 3 rings (SSSR count). The van der Waals surface area contributed by atoms with Gasteiger partial charge in [-0.2, -0.15) is 0 Å². The lowest BCUT2D eigenvalue weighted by Gasteiger charge is -2.16. The van der Waals surface area contributed by atoms with E-state index in [0.717, 1.165) is 11.1 Å². The first-order valence-electron chi connectivity index (χ1n) is 10.8. The molecule has 0 spiro atoms. The Morgan fingerprint density at radius 1 is 0.939 bits per heavy atom. The lowest BCUT2D eigenvalue weighted by Crippen LogP contribution is -2.36. The maximum atomic E-state index is 12.5. The lowest BCUT2D eigenvalue weighted by molar-refractivity contribution is -0.149. The molecule has 1 aliphatic rings.